The topological polar surface area (TPSA) is 90.0 Å². The van der Waals surface area contributed by atoms with Crippen LogP contribution in [0.25, 0.3) is 10.9 Å². The molecule has 3 aromatic rings. The van der Waals surface area contributed by atoms with Crippen LogP contribution in [0.5, 0.6) is 0 Å². The molecule has 0 aliphatic carbocycles. The zero-order valence-electron chi connectivity index (χ0n) is 13.7. The number of thioether (sulfide) groups is 1. The first-order valence-electron chi connectivity index (χ1n) is 7.80. The van der Waals surface area contributed by atoms with Gasteiger partial charge in [-0.2, -0.15) is 0 Å². The molecule has 1 atom stereocenters. The fourth-order valence-electron chi connectivity index (χ4n) is 2.47. The molecule has 6 nitrogen and oxygen atoms in total. The number of nitrogens with two attached hydrogens (primary N) is 1. The predicted molar refractivity (Wildman–Crippen MR) is 99.9 cm³/mol. The predicted octanol–water partition coefficient (Wildman–Crippen LogP) is 2.08. The van der Waals surface area contributed by atoms with Crippen molar-refractivity contribution < 1.29 is 4.79 Å². The van der Waals surface area contributed by atoms with Gasteiger partial charge in [0, 0.05) is 0 Å². The fraction of sp³-hybridized carbons (Fsp3) is 0.167. The third-order valence-corrected chi connectivity index (χ3v) is 4.74. The van der Waals surface area contributed by atoms with Gasteiger partial charge >= 0.3 is 0 Å². The largest absolute Gasteiger partial charge is 0.349 e. The molecule has 1 unspecified atom stereocenters. The maximum Gasteiger partial charge on any atom is 0.280 e. The third kappa shape index (κ3) is 3.83. The fourth-order valence-corrected chi connectivity index (χ4v) is 3.19. The van der Waals surface area contributed by atoms with Crippen LogP contribution in [0.3, 0.4) is 0 Å². The second-order valence-electron chi connectivity index (χ2n) is 5.58. The zero-order valence-corrected chi connectivity index (χ0v) is 14.5. The standard InChI is InChI=1S/C18H18N4O2S/c1-12(13-7-3-2-4-8-13)20-16(23)11-25-18-21-15-10-6-5-9-14(15)17(24)22(18)19/h2-10,12H,11,19H2,1H3,(H,20,23). The number of benzene rings is 2. The minimum atomic E-state index is -0.328. The van der Waals surface area contributed by atoms with Crippen molar-refractivity contribution in [3.05, 3.63) is 70.5 Å². The third-order valence-electron chi connectivity index (χ3n) is 3.78. The first-order chi connectivity index (χ1) is 12.1. The molecule has 0 saturated heterocycles. The molecule has 2 aromatic carbocycles. The van der Waals surface area contributed by atoms with Gasteiger partial charge in [-0.05, 0) is 24.6 Å². The molecule has 1 heterocycles. The van der Waals surface area contributed by atoms with E-state index in [4.69, 9.17) is 5.84 Å². The quantitative estimate of drug-likeness (QED) is 0.416. The zero-order chi connectivity index (χ0) is 17.8. The maximum atomic E-state index is 12.2. The van der Waals surface area contributed by atoms with Gasteiger partial charge in [0.15, 0.2) is 5.16 Å². The number of amides is 1. The van der Waals surface area contributed by atoms with Gasteiger partial charge in [0.05, 0.1) is 22.7 Å². The summed E-state index contributed by atoms with van der Waals surface area (Å²) in [5.74, 6) is 5.79. The van der Waals surface area contributed by atoms with Crippen LogP contribution >= 0.6 is 11.8 Å². The Hall–Kier alpha value is -2.80. The van der Waals surface area contributed by atoms with E-state index in [0.717, 1.165) is 22.0 Å². The van der Waals surface area contributed by atoms with Crippen molar-refractivity contribution in [2.75, 3.05) is 11.6 Å². The summed E-state index contributed by atoms with van der Waals surface area (Å²) >= 11 is 1.14. The van der Waals surface area contributed by atoms with E-state index in [9.17, 15) is 9.59 Å². The number of nitrogens with zero attached hydrogens (tertiary/aromatic N) is 2. The van der Waals surface area contributed by atoms with E-state index in [0.29, 0.717) is 16.1 Å². The van der Waals surface area contributed by atoms with Crippen molar-refractivity contribution in [3.63, 3.8) is 0 Å². The summed E-state index contributed by atoms with van der Waals surface area (Å²) in [4.78, 5) is 28.8. The number of hydrogen-bond donors (Lipinski definition) is 2. The van der Waals surface area contributed by atoms with Crippen molar-refractivity contribution in [2.24, 2.45) is 0 Å². The van der Waals surface area contributed by atoms with Crippen LogP contribution in [0.1, 0.15) is 18.5 Å². The van der Waals surface area contributed by atoms with Gasteiger partial charge in [0.1, 0.15) is 0 Å². The first-order valence-corrected chi connectivity index (χ1v) is 8.79. The molecule has 1 amide bonds. The first kappa shape index (κ1) is 17.0. The van der Waals surface area contributed by atoms with Gasteiger partial charge in [0.25, 0.3) is 5.56 Å². The van der Waals surface area contributed by atoms with E-state index in [1.54, 1.807) is 24.3 Å². The van der Waals surface area contributed by atoms with E-state index in [1.807, 2.05) is 37.3 Å². The normalized spacial score (nSPS) is 12.0. The van der Waals surface area contributed by atoms with Crippen LogP contribution in [0.4, 0.5) is 0 Å². The molecule has 0 saturated carbocycles. The SMILES string of the molecule is CC(NC(=O)CSc1nc2ccccc2c(=O)n1N)c1ccccc1. The molecule has 7 heteroatoms. The highest BCUT2D eigenvalue weighted by molar-refractivity contribution is 7.99. The molecule has 0 aliphatic rings. The molecular weight excluding hydrogens is 336 g/mol. The molecular formula is C18H18N4O2S. The number of carbonyl (C=O) groups excluding carboxylic acids is 1. The number of nitrogens with one attached hydrogen (secondary N) is 1. The highest BCUT2D eigenvalue weighted by atomic mass is 32.2. The lowest BCUT2D eigenvalue weighted by Crippen LogP contribution is -2.31. The average Bonchev–Trinajstić information content (AvgIpc) is 2.64. The lowest BCUT2D eigenvalue weighted by Gasteiger charge is -2.14. The van der Waals surface area contributed by atoms with Crippen molar-refractivity contribution in [2.45, 2.75) is 18.1 Å². The van der Waals surface area contributed by atoms with Gasteiger partial charge < -0.3 is 11.2 Å². The average molecular weight is 354 g/mol. The molecule has 0 radical (unpaired) electrons. The molecule has 0 bridgehead atoms. The summed E-state index contributed by atoms with van der Waals surface area (Å²) in [5, 5.41) is 3.69. The summed E-state index contributed by atoms with van der Waals surface area (Å²) in [6.45, 7) is 1.92. The summed E-state index contributed by atoms with van der Waals surface area (Å²) < 4.78 is 0.987. The van der Waals surface area contributed by atoms with Crippen LogP contribution in [0.15, 0.2) is 64.5 Å². The van der Waals surface area contributed by atoms with E-state index in [2.05, 4.69) is 10.3 Å². The van der Waals surface area contributed by atoms with Gasteiger partial charge in [-0.3, -0.25) is 9.59 Å². The highest BCUT2D eigenvalue weighted by Gasteiger charge is 2.13. The van der Waals surface area contributed by atoms with Crippen LogP contribution in [-0.4, -0.2) is 21.3 Å². The maximum absolute atomic E-state index is 12.2. The molecule has 1 aromatic heterocycles. The second-order valence-corrected chi connectivity index (χ2v) is 6.52. The summed E-state index contributed by atoms with van der Waals surface area (Å²) in [5.41, 5.74) is 1.27. The molecule has 0 aliphatic heterocycles. The molecule has 128 valence electrons. The van der Waals surface area contributed by atoms with E-state index in [-0.39, 0.29) is 23.3 Å². The Bertz CT molecular complexity index is 956. The molecule has 25 heavy (non-hydrogen) atoms. The lowest BCUT2D eigenvalue weighted by molar-refractivity contribution is -0.119. The van der Waals surface area contributed by atoms with Crippen LogP contribution < -0.4 is 16.7 Å². The Morgan fingerprint density at radius 1 is 1.20 bits per heavy atom. The van der Waals surface area contributed by atoms with Crippen LogP contribution in [0, 0.1) is 0 Å². The van der Waals surface area contributed by atoms with Gasteiger partial charge in [-0.1, -0.05) is 54.2 Å². The van der Waals surface area contributed by atoms with Gasteiger partial charge in [-0.25, -0.2) is 9.66 Å². The lowest BCUT2D eigenvalue weighted by atomic mass is 10.1. The molecule has 3 N–H and O–H groups in total. The Balaban J connectivity index is 1.69. The molecule has 3 rings (SSSR count). The van der Waals surface area contributed by atoms with Crippen molar-refractivity contribution >= 4 is 28.6 Å². The number of aromatic nitrogens is 2. The van der Waals surface area contributed by atoms with Crippen LogP contribution in [0.2, 0.25) is 0 Å². The van der Waals surface area contributed by atoms with E-state index >= 15 is 0 Å². The smallest absolute Gasteiger partial charge is 0.280 e. The minimum Gasteiger partial charge on any atom is -0.349 e. The Kier molecular flexibility index (Phi) is 5.04. The second kappa shape index (κ2) is 7.40. The number of rotatable bonds is 5. The monoisotopic (exact) mass is 354 g/mol. The Morgan fingerprint density at radius 3 is 2.64 bits per heavy atom. The number of carbonyl (C=O) groups is 1. The van der Waals surface area contributed by atoms with Crippen molar-refractivity contribution in [1.82, 2.24) is 15.0 Å². The minimum absolute atomic E-state index is 0.0982. The van der Waals surface area contributed by atoms with Gasteiger partial charge in [-0.15, -0.1) is 0 Å². The van der Waals surface area contributed by atoms with Crippen molar-refractivity contribution in [3.8, 4) is 0 Å². The highest BCUT2D eigenvalue weighted by Crippen LogP contribution is 2.17. The summed E-state index contributed by atoms with van der Waals surface area (Å²) in [6.07, 6.45) is 0. The number of para-hydroxylation sites is 1. The number of fused-ring (bicyclic) bond motifs is 1. The molecule has 0 fully saturated rings. The van der Waals surface area contributed by atoms with E-state index in [1.165, 1.54) is 0 Å². The summed E-state index contributed by atoms with van der Waals surface area (Å²) in [7, 11) is 0. The van der Waals surface area contributed by atoms with Gasteiger partial charge in [0.2, 0.25) is 5.91 Å². The Morgan fingerprint density at radius 2 is 1.88 bits per heavy atom. The van der Waals surface area contributed by atoms with E-state index < -0.39 is 0 Å². The van der Waals surface area contributed by atoms with Crippen molar-refractivity contribution in [1.29, 1.82) is 0 Å². The number of nitrogen functional groups attached to an aromatic ring is 1. The van der Waals surface area contributed by atoms with Crippen LogP contribution in [-0.2, 0) is 4.79 Å². The summed E-state index contributed by atoms with van der Waals surface area (Å²) in [6, 6.07) is 16.6. The molecule has 0 spiro atoms. The number of hydrogen-bond acceptors (Lipinski definition) is 5. The Labute approximate surface area is 149 Å².